The van der Waals surface area contributed by atoms with Gasteiger partial charge in [-0.25, -0.2) is 0 Å². The predicted molar refractivity (Wildman–Crippen MR) is 109 cm³/mol. The number of allylic oxidation sites excluding steroid dienone is 1. The summed E-state index contributed by atoms with van der Waals surface area (Å²) in [4.78, 5) is 0. The van der Waals surface area contributed by atoms with Gasteiger partial charge in [0.2, 0.25) is 0 Å². The first-order chi connectivity index (χ1) is 12.5. The molecule has 1 fully saturated rings. The fourth-order valence-corrected chi connectivity index (χ4v) is 4.96. The van der Waals surface area contributed by atoms with Crippen molar-refractivity contribution in [1.29, 1.82) is 0 Å². The van der Waals surface area contributed by atoms with Gasteiger partial charge in [0.1, 0.15) is 17.1 Å². The number of hydrogen-bond donors (Lipinski definition) is 0. The van der Waals surface area contributed by atoms with E-state index in [2.05, 4.69) is 39.5 Å². The maximum absolute atomic E-state index is 6.54. The number of benzene rings is 1. The first kappa shape index (κ1) is 19.3. The van der Waals surface area contributed by atoms with Crippen LogP contribution in [0.5, 0.6) is 11.5 Å². The summed E-state index contributed by atoms with van der Waals surface area (Å²) >= 11 is 0. The number of ether oxygens (including phenoxy) is 2. The van der Waals surface area contributed by atoms with Crippen molar-refractivity contribution in [2.24, 2.45) is 5.92 Å². The number of rotatable bonds is 7. The summed E-state index contributed by atoms with van der Waals surface area (Å²) in [6.07, 6.45) is 11.0. The standard InChI is InChI=1S/C24H36O2/c1-6-7-8-9-10-11-18-15-21(25-5)23-19-14-17(2)12-13-20(19)24(3,4)26-22(23)16-18/h15-16,19-20H,2,6-14H2,1,3-5H3/t19-,20-/m1/s1. The molecule has 0 radical (unpaired) electrons. The van der Waals surface area contributed by atoms with E-state index >= 15 is 0 Å². The monoisotopic (exact) mass is 356 g/mol. The Balaban J connectivity index is 1.86. The van der Waals surface area contributed by atoms with Gasteiger partial charge in [-0.1, -0.05) is 44.8 Å². The Labute approximate surface area is 160 Å². The molecule has 0 saturated heterocycles. The fourth-order valence-electron chi connectivity index (χ4n) is 4.96. The topological polar surface area (TPSA) is 18.5 Å². The van der Waals surface area contributed by atoms with Gasteiger partial charge in [0.15, 0.2) is 0 Å². The van der Waals surface area contributed by atoms with Crippen LogP contribution in [0.25, 0.3) is 0 Å². The second kappa shape index (κ2) is 8.06. The van der Waals surface area contributed by atoms with Crippen molar-refractivity contribution in [2.75, 3.05) is 7.11 Å². The maximum atomic E-state index is 6.54. The van der Waals surface area contributed by atoms with Crippen molar-refractivity contribution in [1.82, 2.24) is 0 Å². The summed E-state index contributed by atoms with van der Waals surface area (Å²) in [5.74, 6) is 3.08. The Morgan fingerprint density at radius 1 is 1.19 bits per heavy atom. The van der Waals surface area contributed by atoms with Gasteiger partial charge >= 0.3 is 0 Å². The van der Waals surface area contributed by atoms with E-state index in [0.29, 0.717) is 11.8 Å². The molecule has 2 nitrogen and oxygen atoms in total. The van der Waals surface area contributed by atoms with E-state index in [-0.39, 0.29) is 5.60 Å². The number of fused-ring (bicyclic) bond motifs is 3. The first-order valence-corrected chi connectivity index (χ1v) is 10.5. The van der Waals surface area contributed by atoms with E-state index in [0.717, 1.165) is 37.2 Å². The van der Waals surface area contributed by atoms with Gasteiger partial charge in [-0.3, -0.25) is 0 Å². The van der Waals surface area contributed by atoms with Crippen LogP contribution in [0, 0.1) is 5.92 Å². The lowest BCUT2D eigenvalue weighted by Crippen LogP contribution is -2.46. The molecule has 0 N–H and O–H groups in total. The number of unbranched alkanes of at least 4 members (excludes halogenated alkanes) is 4. The third kappa shape index (κ3) is 3.94. The zero-order valence-electron chi connectivity index (χ0n) is 17.2. The molecule has 3 rings (SSSR count). The molecule has 1 saturated carbocycles. The van der Waals surface area contributed by atoms with Crippen LogP contribution in [-0.4, -0.2) is 12.7 Å². The van der Waals surface area contributed by atoms with Crippen LogP contribution < -0.4 is 9.47 Å². The third-order valence-electron chi connectivity index (χ3n) is 6.39. The molecule has 0 bridgehead atoms. The van der Waals surface area contributed by atoms with E-state index in [4.69, 9.17) is 9.47 Å². The van der Waals surface area contributed by atoms with Gasteiger partial charge in [-0.15, -0.1) is 0 Å². The molecule has 0 unspecified atom stereocenters. The number of aryl methyl sites for hydroxylation is 1. The summed E-state index contributed by atoms with van der Waals surface area (Å²) in [5.41, 5.74) is 3.88. The molecule has 1 aliphatic heterocycles. The minimum Gasteiger partial charge on any atom is -0.496 e. The summed E-state index contributed by atoms with van der Waals surface area (Å²) in [7, 11) is 1.80. The Kier molecular flexibility index (Phi) is 5.99. The average molecular weight is 357 g/mol. The lowest BCUT2D eigenvalue weighted by atomic mass is 9.65. The van der Waals surface area contributed by atoms with Crippen LogP contribution in [0.15, 0.2) is 24.3 Å². The zero-order chi connectivity index (χ0) is 18.7. The van der Waals surface area contributed by atoms with Crippen LogP contribution in [0.3, 0.4) is 0 Å². The summed E-state index contributed by atoms with van der Waals surface area (Å²) in [6, 6.07) is 4.54. The zero-order valence-corrected chi connectivity index (χ0v) is 17.2. The molecule has 0 spiro atoms. The summed E-state index contributed by atoms with van der Waals surface area (Å²) in [6.45, 7) is 11.1. The van der Waals surface area contributed by atoms with Gasteiger partial charge in [0, 0.05) is 17.4 Å². The van der Waals surface area contributed by atoms with Gasteiger partial charge in [-0.2, -0.15) is 0 Å². The van der Waals surface area contributed by atoms with Gasteiger partial charge < -0.3 is 9.47 Å². The van der Waals surface area contributed by atoms with E-state index in [1.54, 1.807) is 7.11 Å². The van der Waals surface area contributed by atoms with Crippen molar-refractivity contribution in [2.45, 2.75) is 90.1 Å². The molecular weight excluding hydrogens is 320 g/mol. The second-order valence-corrected chi connectivity index (χ2v) is 8.79. The lowest BCUT2D eigenvalue weighted by molar-refractivity contribution is -0.000884. The van der Waals surface area contributed by atoms with Gasteiger partial charge in [0.25, 0.3) is 0 Å². The second-order valence-electron chi connectivity index (χ2n) is 8.79. The highest BCUT2D eigenvalue weighted by Crippen LogP contribution is 2.55. The highest BCUT2D eigenvalue weighted by molar-refractivity contribution is 5.53. The molecule has 1 aromatic carbocycles. The molecule has 2 atom stereocenters. The molecule has 1 heterocycles. The van der Waals surface area contributed by atoms with Crippen LogP contribution in [0.4, 0.5) is 0 Å². The normalized spacial score (nSPS) is 23.8. The molecule has 0 aromatic heterocycles. The fraction of sp³-hybridized carbons (Fsp3) is 0.667. The van der Waals surface area contributed by atoms with Crippen molar-refractivity contribution >= 4 is 0 Å². The van der Waals surface area contributed by atoms with E-state index in [9.17, 15) is 0 Å². The van der Waals surface area contributed by atoms with Crippen molar-refractivity contribution in [3.05, 3.63) is 35.4 Å². The minimum absolute atomic E-state index is 0.122. The maximum Gasteiger partial charge on any atom is 0.127 e. The molecular formula is C24H36O2. The van der Waals surface area contributed by atoms with Gasteiger partial charge in [0.05, 0.1) is 7.11 Å². The van der Waals surface area contributed by atoms with E-state index in [1.165, 1.54) is 48.8 Å². The largest absolute Gasteiger partial charge is 0.496 e. The summed E-state index contributed by atoms with van der Waals surface area (Å²) in [5, 5.41) is 0. The van der Waals surface area contributed by atoms with Gasteiger partial charge in [-0.05, 0) is 63.6 Å². The Bertz CT molecular complexity index is 644. The van der Waals surface area contributed by atoms with Crippen molar-refractivity contribution in [3.8, 4) is 11.5 Å². The van der Waals surface area contributed by atoms with Crippen LogP contribution >= 0.6 is 0 Å². The molecule has 26 heavy (non-hydrogen) atoms. The van der Waals surface area contributed by atoms with Crippen LogP contribution in [0.1, 0.15) is 89.2 Å². The number of methoxy groups -OCH3 is 1. The molecule has 144 valence electrons. The molecule has 1 aliphatic carbocycles. The smallest absolute Gasteiger partial charge is 0.127 e. The molecule has 2 aliphatic rings. The quantitative estimate of drug-likeness (QED) is 0.394. The highest BCUT2D eigenvalue weighted by Gasteiger charge is 2.46. The van der Waals surface area contributed by atoms with Crippen molar-refractivity contribution < 1.29 is 9.47 Å². The Morgan fingerprint density at radius 3 is 2.69 bits per heavy atom. The molecule has 1 aromatic rings. The van der Waals surface area contributed by atoms with E-state index < -0.39 is 0 Å². The minimum atomic E-state index is -0.122. The van der Waals surface area contributed by atoms with Crippen LogP contribution in [-0.2, 0) is 6.42 Å². The first-order valence-electron chi connectivity index (χ1n) is 10.5. The number of hydrogen-bond acceptors (Lipinski definition) is 2. The van der Waals surface area contributed by atoms with E-state index in [1.807, 2.05) is 0 Å². The van der Waals surface area contributed by atoms with Crippen LogP contribution in [0.2, 0.25) is 0 Å². The Morgan fingerprint density at radius 2 is 1.96 bits per heavy atom. The predicted octanol–water partition coefficient (Wildman–Crippen LogP) is 6.82. The highest BCUT2D eigenvalue weighted by atomic mass is 16.5. The molecule has 2 heteroatoms. The SMILES string of the molecule is C=C1CC[C@@H]2[C@@H](C1)c1c(OC)cc(CCCCCCC)cc1OC2(C)C. The lowest BCUT2D eigenvalue weighted by Gasteiger charge is -2.48. The average Bonchev–Trinajstić information content (AvgIpc) is 2.60. The Hall–Kier alpha value is -1.44. The van der Waals surface area contributed by atoms with Crippen molar-refractivity contribution in [3.63, 3.8) is 0 Å². The summed E-state index contributed by atoms with van der Waals surface area (Å²) < 4.78 is 12.4. The molecule has 0 amide bonds. The third-order valence-corrected chi connectivity index (χ3v) is 6.39.